The lowest BCUT2D eigenvalue weighted by molar-refractivity contribution is 0.0724. The molecule has 0 N–H and O–H groups in total. The van der Waals surface area contributed by atoms with Crippen LogP contribution < -0.4 is 0 Å². The fourth-order valence-electron chi connectivity index (χ4n) is 3.27. The number of carbonyl (C=O) groups is 1. The van der Waals surface area contributed by atoms with Crippen molar-refractivity contribution in [2.45, 2.75) is 38.6 Å². The maximum atomic E-state index is 13.0. The molecule has 7 heteroatoms. The van der Waals surface area contributed by atoms with Gasteiger partial charge in [0.1, 0.15) is 11.5 Å². The van der Waals surface area contributed by atoms with E-state index in [-0.39, 0.29) is 17.9 Å². The Balaban J connectivity index is 1.56. The molecule has 1 saturated heterocycles. The highest BCUT2D eigenvalue weighted by molar-refractivity contribution is 5.92. The molecule has 1 amide bonds. The number of amides is 1. The molecule has 1 atom stereocenters. The van der Waals surface area contributed by atoms with Crippen molar-refractivity contribution in [2.75, 3.05) is 6.54 Å². The van der Waals surface area contributed by atoms with Gasteiger partial charge in [0.25, 0.3) is 5.91 Å². The summed E-state index contributed by atoms with van der Waals surface area (Å²) in [5.41, 5.74) is 2.03. The number of carbonyl (C=O) groups excluding carboxylic acids is 1. The van der Waals surface area contributed by atoms with Crippen molar-refractivity contribution in [2.24, 2.45) is 0 Å². The first-order valence-electron chi connectivity index (χ1n) is 8.88. The second kappa shape index (κ2) is 6.74. The second-order valence-corrected chi connectivity index (χ2v) is 6.85. The highest BCUT2D eigenvalue weighted by atomic mass is 16.5. The predicted octanol–water partition coefficient (Wildman–Crippen LogP) is 3.36. The molecule has 1 unspecified atom stereocenters. The summed E-state index contributed by atoms with van der Waals surface area (Å²) >= 11 is 0. The van der Waals surface area contributed by atoms with Crippen LogP contribution in [0.1, 0.15) is 60.6 Å². The van der Waals surface area contributed by atoms with Gasteiger partial charge in [-0.25, -0.2) is 4.68 Å². The smallest absolute Gasteiger partial charge is 0.276 e. The van der Waals surface area contributed by atoms with Gasteiger partial charge in [0.15, 0.2) is 5.69 Å². The van der Waals surface area contributed by atoms with E-state index in [0.717, 1.165) is 30.0 Å². The van der Waals surface area contributed by atoms with Gasteiger partial charge in [-0.2, -0.15) is 0 Å². The molecule has 0 bridgehead atoms. The van der Waals surface area contributed by atoms with Gasteiger partial charge in [-0.05, 0) is 25.0 Å². The van der Waals surface area contributed by atoms with Gasteiger partial charge in [-0.15, -0.1) is 5.10 Å². The maximum Gasteiger partial charge on any atom is 0.276 e. The number of hydrogen-bond acceptors (Lipinski definition) is 5. The monoisotopic (exact) mass is 351 g/mol. The zero-order chi connectivity index (χ0) is 18.1. The summed E-state index contributed by atoms with van der Waals surface area (Å²) in [7, 11) is 0. The number of likely N-dealkylation sites (tertiary alicyclic amines) is 1. The van der Waals surface area contributed by atoms with Crippen LogP contribution in [0.2, 0.25) is 0 Å². The number of hydrogen-bond donors (Lipinski definition) is 0. The second-order valence-electron chi connectivity index (χ2n) is 6.85. The van der Waals surface area contributed by atoms with E-state index in [9.17, 15) is 4.79 Å². The molecule has 26 heavy (non-hydrogen) atoms. The van der Waals surface area contributed by atoms with E-state index in [1.165, 1.54) is 0 Å². The first-order chi connectivity index (χ1) is 12.6. The van der Waals surface area contributed by atoms with Crippen LogP contribution in [-0.4, -0.2) is 37.5 Å². The standard InChI is InChI=1S/C19H21N5O2/c1-13(2)18-11-15(21-26-18)17-9-6-10-23(17)19(25)16-12-24(22-20-16)14-7-4-3-5-8-14/h3-5,7-8,11-13,17H,6,9-10H2,1-2H3. The molecule has 0 saturated carbocycles. The highest BCUT2D eigenvalue weighted by Crippen LogP contribution is 2.33. The number of nitrogens with zero attached hydrogens (tertiary/aromatic N) is 5. The SMILES string of the molecule is CC(C)c1cc(C2CCCN2C(=O)c2cn(-c3ccccc3)nn2)no1. The molecule has 1 aromatic carbocycles. The Kier molecular flexibility index (Phi) is 4.28. The average molecular weight is 351 g/mol. The van der Waals surface area contributed by atoms with E-state index < -0.39 is 0 Å². The lowest BCUT2D eigenvalue weighted by atomic mass is 10.1. The molecule has 134 valence electrons. The first kappa shape index (κ1) is 16.5. The maximum absolute atomic E-state index is 13.0. The molecule has 1 aliphatic rings. The van der Waals surface area contributed by atoms with Gasteiger partial charge in [0.05, 0.1) is 17.9 Å². The summed E-state index contributed by atoms with van der Waals surface area (Å²) in [5, 5.41) is 12.4. The Morgan fingerprint density at radius 2 is 2.08 bits per heavy atom. The molecular formula is C19H21N5O2. The van der Waals surface area contributed by atoms with Crippen molar-refractivity contribution >= 4 is 5.91 Å². The average Bonchev–Trinajstić information content (AvgIpc) is 3.41. The van der Waals surface area contributed by atoms with E-state index in [1.54, 1.807) is 10.9 Å². The van der Waals surface area contributed by atoms with Crippen LogP contribution in [0.4, 0.5) is 0 Å². The van der Waals surface area contributed by atoms with Crippen molar-refractivity contribution in [3.63, 3.8) is 0 Å². The van der Waals surface area contributed by atoms with E-state index in [2.05, 4.69) is 29.3 Å². The topological polar surface area (TPSA) is 77.1 Å². The number of aromatic nitrogens is 4. The Bertz CT molecular complexity index is 900. The minimum atomic E-state index is -0.122. The summed E-state index contributed by atoms with van der Waals surface area (Å²) in [6.45, 7) is 4.80. The summed E-state index contributed by atoms with van der Waals surface area (Å²) < 4.78 is 7.03. The van der Waals surface area contributed by atoms with Crippen LogP contribution in [0.25, 0.3) is 5.69 Å². The molecule has 2 aromatic heterocycles. The quantitative estimate of drug-likeness (QED) is 0.720. The Hall–Kier alpha value is -2.96. The summed E-state index contributed by atoms with van der Waals surface area (Å²) in [5.74, 6) is 0.991. The molecule has 0 aliphatic carbocycles. The normalized spacial score (nSPS) is 17.2. The van der Waals surface area contributed by atoms with Gasteiger partial charge >= 0.3 is 0 Å². The highest BCUT2D eigenvalue weighted by Gasteiger charge is 2.34. The van der Waals surface area contributed by atoms with E-state index in [4.69, 9.17) is 4.52 Å². The molecule has 1 aliphatic heterocycles. The van der Waals surface area contributed by atoms with E-state index in [1.807, 2.05) is 41.3 Å². The molecule has 7 nitrogen and oxygen atoms in total. The third kappa shape index (κ3) is 3.00. The van der Waals surface area contributed by atoms with Crippen LogP contribution in [0, 0.1) is 0 Å². The third-order valence-corrected chi connectivity index (χ3v) is 4.70. The minimum Gasteiger partial charge on any atom is -0.361 e. The molecule has 3 heterocycles. The molecule has 0 spiro atoms. The first-order valence-corrected chi connectivity index (χ1v) is 8.88. The number of para-hydroxylation sites is 1. The Labute approximate surface area is 151 Å². The zero-order valence-electron chi connectivity index (χ0n) is 14.9. The molecule has 3 aromatic rings. The van der Waals surface area contributed by atoms with Gasteiger partial charge in [-0.3, -0.25) is 4.79 Å². The van der Waals surface area contributed by atoms with Gasteiger partial charge in [0, 0.05) is 18.5 Å². The summed E-state index contributed by atoms with van der Waals surface area (Å²) in [6.07, 6.45) is 3.49. The molecule has 1 fully saturated rings. The van der Waals surface area contributed by atoms with E-state index >= 15 is 0 Å². The predicted molar refractivity (Wildman–Crippen MR) is 95.0 cm³/mol. The lowest BCUT2D eigenvalue weighted by Crippen LogP contribution is -2.31. The number of rotatable bonds is 4. The Morgan fingerprint density at radius 3 is 2.81 bits per heavy atom. The summed E-state index contributed by atoms with van der Waals surface area (Å²) in [4.78, 5) is 14.8. The fraction of sp³-hybridized carbons (Fsp3) is 0.368. The molecular weight excluding hydrogens is 330 g/mol. The van der Waals surface area contributed by atoms with Crippen molar-refractivity contribution in [1.82, 2.24) is 25.1 Å². The third-order valence-electron chi connectivity index (χ3n) is 4.70. The minimum absolute atomic E-state index is 0.0689. The van der Waals surface area contributed by atoms with E-state index in [0.29, 0.717) is 12.2 Å². The van der Waals surface area contributed by atoms with Crippen molar-refractivity contribution in [3.8, 4) is 5.69 Å². The van der Waals surface area contributed by atoms with Gasteiger partial charge in [-0.1, -0.05) is 42.4 Å². The van der Waals surface area contributed by atoms with Crippen LogP contribution in [0.5, 0.6) is 0 Å². The fourth-order valence-corrected chi connectivity index (χ4v) is 3.27. The van der Waals surface area contributed by atoms with Crippen LogP contribution in [-0.2, 0) is 0 Å². The number of benzene rings is 1. The van der Waals surface area contributed by atoms with Crippen LogP contribution in [0.15, 0.2) is 47.1 Å². The van der Waals surface area contributed by atoms with Crippen LogP contribution >= 0.6 is 0 Å². The largest absolute Gasteiger partial charge is 0.361 e. The molecule has 4 rings (SSSR count). The summed E-state index contributed by atoms with van der Waals surface area (Å²) in [6, 6.07) is 11.5. The van der Waals surface area contributed by atoms with Crippen molar-refractivity contribution in [1.29, 1.82) is 0 Å². The van der Waals surface area contributed by atoms with Crippen LogP contribution in [0.3, 0.4) is 0 Å². The molecule has 0 radical (unpaired) electrons. The Morgan fingerprint density at radius 1 is 1.27 bits per heavy atom. The van der Waals surface area contributed by atoms with Gasteiger partial charge < -0.3 is 9.42 Å². The zero-order valence-corrected chi connectivity index (χ0v) is 14.9. The van der Waals surface area contributed by atoms with Crippen molar-refractivity contribution in [3.05, 3.63) is 59.7 Å². The lowest BCUT2D eigenvalue weighted by Gasteiger charge is -2.21. The van der Waals surface area contributed by atoms with Crippen molar-refractivity contribution < 1.29 is 9.32 Å². The van der Waals surface area contributed by atoms with Gasteiger partial charge in [0.2, 0.25) is 0 Å².